The van der Waals surface area contributed by atoms with Gasteiger partial charge in [-0.3, -0.25) is 0 Å². The maximum Gasteiger partial charge on any atom is 0.135 e. The van der Waals surface area contributed by atoms with Gasteiger partial charge >= 0.3 is 0 Å². The fourth-order valence-corrected chi connectivity index (χ4v) is 9.87. The minimum Gasteiger partial charge on any atom is -0.456 e. The molecule has 1 heteroatoms. The highest BCUT2D eigenvalue weighted by molar-refractivity contribution is 6.10. The molecule has 0 N–H and O–H groups in total. The van der Waals surface area contributed by atoms with Crippen molar-refractivity contribution in [3.05, 3.63) is 229 Å². The average Bonchev–Trinajstić information content (AvgIpc) is 3.56. The van der Waals surface area contributed by atoms with Gasteiger partial charge in [0.15, 0.2) is 0 Å². The van der Waals surface area contributed by atoms with Crippen molar-refractivity contribution in [2.24, 2.45) is 0 Å². The molecule has 0 amide bonds. The molecule has 0 unspecified atom stereocenters. The SMILES string of the molecule is c1ccc(C2(c3ccccc3)c3cc(-c4ccc5c(c4)-c4cccc6cccc(c46)O5)ccc3-c3c2cc2ccccc2c3-c2ccc3ccccc3c2)cc1. The van der Waals surface area contributed by atoms with E-state index in [-0.39, 0.29) is 0 Å². The molecule has 260 valence electrons. The van der Waals surface area contributed by atoms with Gasteiger partial charge < -0.3 is 4.74 Å². The minimum atomic E-state index is -0.569. The quantitative estimate of drug-likeness (QED) is 0.177. The van der Waals surface area contributed by atoms with Gasteiger partial charge in [-0.2, -0.15) is 0 Å². The molecule has 1 nitrogen and oxygen atoms in total. The van der Waals surface area contributed by atoms with Gasteiger partial charge in [-0.1, -0.05) is 170 Å². The molecule has 0 saturated heterocycles. The van der Waals surface area contributed by atoms with E-state index >= 15 is 0 Å². The van der Waals surface area contributed by atoms with Gasteiger partial charge in [-0.25, -0.2) is 0 Å². The van der Waals surface area contributed by atoms with Crippen molar-refractivity contribution < 1.29 is 4.74 Å². The highest BCUT2D eigenvalue weighted by Crippen LogP contribution is 2.60. The number of benzene rings is 10. The van der Waals surface area contributed by atoms with E-state index in [0.717, 1.165) is 22.6 Å². The minimum absolute atomic E-state index is 0.569. The zero-order valence-corrected chi connectivity index (χ0v) is 30.5. The van der Waals surface area contributed by atoms with Crippen LogP contribution in [0.2, 0.25) is 0 Å². The van der Waals surface area contributed by atoms with Crippen LogP contribution in [0, 0.1) is 0 Å². The Morgan fingerprint density at radius 1 is 0.321 bits per heavy atom. The van der Waals surface area contributed by atoms with Crippen LogP contribution in [0.4, 0.5) is 0 Å². The second kappa shape index (κ2) is 11.9. The number of hydrogen-bond acceptors (Lipinski definition) is 1. The molecule has 1 heterocycles. The fourth-order valence-electron chi connectivity index (χ4n) is 9.87. The van der Waals surface area contributed by atoms with Crippen LogP contribution in [0.25, 0.3) is 76.8 Å². The van der Waals surface area contributed by atoms with Crippen LogP contribution < -0.4 is 4.74 Å². The number of ether oxygens (including phenoxy) is 1. The van der Waals surface area contributed by atoms with E-state index in [1.54, 1.807) is 0 Å². The largest absolute Gasteiger partial charge is 0.456 e. The summed E-state index contributed by atoms with van der Waals surface area (Å²) in [7, 11) is 0. The first kappa shape index (κ1) is 31.2. The zero-order chi connectivity index (χ0) is 36.8. The Morgan fingerprint density at radius 3 is 1.77 bits per heavy atom. The van der Waals surface area contributed by atoms with E-state index in [1.807, 2.05) is 0 Å². The van der Waals surface area contributed by atoms with Crippen LogP contribution in [-0.4, -0.2) is 0 Å². The molecule has 1 aliphatic heterocycles. The number of rotatable bonds is 4. The predicted octanol–water partition coefficient (Wildman–Crippen LogP) is 14.6. The number of hydrogen-bond donors (Lipinski definition) is 0. The van der Waals surface area contributed by atoms with Crippen LogP contribution in [0.3, 0.4) is 0 Å². The van der Waals surface area contributed by atoms with Crippen LogP contribution in [0.5, 0.6) is 11.5 Å². The number of fused-ring (bicyclic) bond motifs is 7. The van der Waals surface area contributed by atoms with Crippen molar-refractivity contribution in [3.63, 3.8) is 0 Å². The lowest BCUT2D eigenvalue weighted by Gasteiger charge is -2.34. The average molecular weight is 711 g/mol. The summed E-state index contributed by atoms with van der Waals surface area (Å²) in [4.78, 5) is 0. The molecule has 0 radical (unpaired) electrons. The van der Waals surface area contributed by atoms with E-state index in [1.165, 1.54) is 88.0 Å². The van der Waals surface area contributed by atoms with Crippen LogP contribution in [0.1, 0.15) is 22.3 Å². The summed E-state index contributed by atoms with van der Waals surface area (Å²) in [6.45, 7) is 0. The van der Waals surface area contributed by atoms with Gasteiger partial charge in [0.1, 0.15) is 11.5 Å². The lowest BCUT2D eigenvalue weighted by Crippen LogP contribution is -2.28. The highest BCUT2D eigenvalue weighted by atomic mass is 16.5. The van der Waals surface area contributed by atoms with Crippen molar-refractivity contribution in [2.75, 3.05) is 0 Å². The van der Waals surface area contributed by atoms with Crippen molar-refractivity contribution in [2.45, 2.75) is 5.41 Å². The molecular formula is C55H34O. The van der Waals surface area contributed by atoms with Gasteiger partial charge in [0.2, 0.25) is 0 Å². The molecule has 10 aromatic carbocycles. The fraction of sp³-hybridized carbons (Fsp3) is 0.0182. The van der Waals surface area contributed by atoms with Gasteiger partial charge in [0.25, 0.3) is 0 Å². The third kappa shape index (κ3) is 4.37. The second-order valence-electron chi connectivity index (χ2n) is 15.2. The summed E-state index contributed by atoms with van der Waals surface area (Å²) >= 11 is 0. The topological polar surface area (TPSA) is 9.23 Å². The molecule has 0 atom stereocenters. The maximum atomic E-state index is 6.53. The first-order valence-corrected chi connectivity index (χ1v) is 19.4. The second-order valence-corrected chi connectivity index (χ2v) is 15.2. The molecule has 0 aromatic heterocycles. The Labute approximate surface area is 325 Å². The molecule has 0 spiro atoms. The first-order valence-electron chi connectivity index (χ1n) is 19.4. The van der Waals surface area contributed by atoms with E-state index < -0.39 is 5.41 Å². The van der Waals surface area contributed by atoms with Crippen LogP contribution >= 0.6 is 0 Å². The third-order valence-electron chi connectivity index (χ3n) is 12.3. The van der Waals surface area contributed by atoms with Gasteiger partial charge in [0.05, 0.1) is 5.41 Å². The van der Waals surface area contributed by atoms with E-state index in [0.29, 0.717) is 0 Å². The normalized spacial score (nSPS) is 13.3. The molecule has 0 bridgehead atoms. The molecule has 2 aliphatic rings. The van der Waals surface area contributed by atoms with Crippen molar-refractivity contribution in [1.82, 2.24) is 0 Å². The van der Waals surface area contributed by atoms with Crippen LogP contribution in [0.15, 0.2) is 206 Å². The summed E-state index contributed by atoms with van der Waals surface area (Å²) in [6.07, 6.45) is 0. The Morgan fingerprint density at radius 2 is 0.964 bits per heavy atom. The Hall–Kier alpha value is -7.22. The van der Waals surface area contributed by atoms with Crippen molar-refractivity contribution >= 4 is 32.3 Å². The summed E-state index contributed by atoms with van der Waals surface area (Å²) in [5, 5.41) is 7.35. The van der Waals surface area contributed by atoms with Gasteiger partial charge in [-0.05, 0) is 125 Å². The van der Waals surface area contributed by atoms with Crippen LogP contribution in [-0.2, 0) is 5.41 Å². The lowest BCUT2D eigenvalue weighted by molar-refractivity contribution is 0.487. The molecular weight excluding hydrogens is 677 g/mol. The van der Waals surface area contributed by atoms with Gasteiger partial charge in [0, 0.05) is 10.9 Å². The summed E-state index contributed by atoms with van der Waals surface area (Å²) in [6, 6.07) is 76.1. The summed E-state index contributed by atoms with van der Waals surface area (Å²) in [5.74, 6) is 1.81. The summed E-state index contributed by atoms with van der Waals surface area (Å²) < 4.78 is 6.53. The van der Waals surface area contributed by atoms with Crippen molar-refractivity contribution in [1.29, 1.82) is 0 Å². The lowest BCUT2D eigenvalue weighted by atomic mass is 9.67. The monoisotopic (exact) mass is 710 g/mol. The summed E-state index contributed by atoms with van der Waals surface area (Å²) in [5.41, 5.74) is 14.3. The molecule has 10 aromatic rings. The molecule has 56 heavy (non-hydrogen) atoms. The highest BCUT2D eigenvalue weighted by Gasteiger charge is 2.47. The van der Waals surface area contributed by atoms with Gasteiger partial charge in [-0.15, -0.1) is 0 Å². The molecule has 0 fully saturated rings. The van der Waals surface area contributed by atoms with E-state index in [2.05, 4.69) is 206 Å². The van der Waals surface area contributed by atoms with Crippen molar-refractivity contribution in [3.8, 4) is 56.0 Å². The predicted molar refractivity (Wildman–Crippen MR) is 233 cm³/mol. The smallest absolute Gasteiger partial charge is 0.135 e. The Bertz CT molecular complexity index is 3170. The van der Waals surface area contributed by atoms with E-state index in [9.17, 15) is 0 Å². The first-order chi connectivity index (χ1) is 27.8. The van der Waals surface area contributed by atoms with E-state index in [4.69, 9.17) is 4.74 Å². The zero-order valence-electron chi connectivity index (χ0n) is 30.5. The standard InChI is InChI=1S/C55H34O/c1-3-18-42(19-4-1)55(43-20-5-2-6-21-43)48-33-39(38-28-30-50-47(32-38)45-23-11-16-36-17-12-24-51(56-50)52(36)45)27-29-46(48)54-49(55)34-40-15-9-10-22-44(40)53(54)41-26-25-35-13-7-8-14-37(35)31-41/h1-34H. The molecule has 0 saturated carbocycles. The third-order valence-corrected chi connectivity index (χ3v) is 12.3. The molecule has 1 aliphatic carbocycles. The Balaban J connectivity index is 1.17. The Kier molecular flexibility index (Phi) is 6.62. The molecule has 12 rings (SSSR count). The maximum absolute atomic E-state index is 6.53.